The molecule has 4 heterocycles. The molecular weight excluding hydrogens is 374 g/mol. The summed E-state index contributed by atoms with van der Waals surface area (Å²) in [5.41, 5.74) is 0.948. The normalized spacial score (nSPS) is 12.8. The van der Waals surface area contributed by atoms with Crippen molar-refractivity contribution in [2.75, 3.05) is 0 Å². The van der Waals surface area contributed by atoms with Crippen molar-refractivity contribution in [1.82, 2.24) is 18.9 Å². The second-order valence-electron chi connectivity index (χ2n) is 7.20. The fourth-order valence-corrected chi connectivity index (χ4v) is 3.97. The number of nitrogens with zero attached hydrogens (tertiary/aromatic N) is 5. The van der Waals surface area contributed by atoms with Gasteiger partial charge in [0.05, 0.1) is 6.54 Å². The highest BCUT2D eigenvalue weighted by Crippen LogP contribution is 2.21. The molecule has 9 nitrogen and oxygen atoms in total. The zero-order valence-electron chi connectivity index (χ0n) is 16.4. The summed E-state index contributed by atoms with van der Waals surface area (Å²) < 4.78 is 9.19. The van der Waals surface area contributed by atoms with Crippen LogP contribution < -0.4 is 11.2 Å². The van der Waals surface area contributed by atoms with Crippen molar-refractivity contribution in [2.45, 2.75) is 46.7 Å². The Bertz CT molecular complexity index is 1310. The highest BCUT2D eigenvalue weighted by molar-refractivity contribution is 5.97. The summed E-state index contributed by atoms with van der Waals surface area (Å²) in [4.78, 5) is 38.4. The van der Waals surface area contributed by atoms with Crippen LogP contribution in [0.5, 0.6) is 0 Å². The summed E-state index contributed by atoms with van der Waals surface area (Å²) >= 11 is 0. The summed E-state index contributed by atoms with van der Waals surface area (Å²) in [6.07, 6.45) is 1.21. The van der Waals surface area contributed by atoms with Gasteiger partial charge in [-0.15, -0.1) is 0 Å². The van der Waals surface area contributed by atoms with Gasteiger partial charge in [0, 0.05) is 35.3 Å². The molecule has 3 aromatic rings. The number of carbonyl (C=O) groups excluding carboxylic acids is 1. The number of Topliss-reactive ketones (excluding diaryl/α,β-unsaturated/α-hetero) is 1. The molecule has 0 radical (unpaired) electrons. The van der Waals surface area contributed by atoms with Crippen LogP contribution in [0.1, 0.15) is 45.2 Å². The van der Waals surface area contributed by atoms with Gasteiger partial charge in [-0.25, -0.2) is 4.79 Å². The standard InChI is InChI=1S/C20H19N5O4/c1-11-7-14(13(3)25(11)18-8-12(2)29-22-18)17(26)10-24-19(27)15(9-21)16-5-4-6-23(16)20(24)28/h7-8H,4-6,10H2,1-3H3. The summed E-state index contributed by atoms with van der Waals surface area (Å²) in [7, 11) is 0. The molecular formula is C20H19N5O4. The van der Waals surface area contributed by atoms with Gasteiger partial charge in [-0.05, 0) is 39.7 Å². The molecule has 148 valence electrons. The number of rotatable bonds is 4. The van der Waals surface area contributed by atoms with Crippen LogP contribution in [0.4, 0.5) is 0 Å². The van der Waals surface area contributed by atoms with E-state index in [4.69, 9.17) is 4.52 Å². The van der Waals surface area contributed by atoms with Gasteiger partial charge in [-0.3, -0.25) is 23.3 Å². The summed E-state index contributed by atoms with van der Waals surface area (Å²) in [6.45, 7) is 5.39. The van der Waals surface area contributed by atoms with Gasteiger partial charge in [0.1, 0.15) is 17.4 Å². The molecule has 1 aliphatic heterocycles. The van der Waals surface area contributed by atoms with Crippen molar-refractivity contribution < 1.29 is 9.32 Å². The highest BCUT2D eigenvalue weighted by Gasteiger charge is 2.25. The zero-order chi connectivity index (χ0) is 20.9. The Kier molecular flexibility index (Phi) is 4.34. The van der Waals surface area contributed by atoms with Crippen LogP contribution in [0, 0.1) is 32.1 Å². The van der Waals surface area contributed by atoms with Crippen LogP contribution >= 0.6 is 0 Å². The monoisotopic (exact) mass is 393 g/mol. The molecule has 0 fully saturated rings. The van der Waals surface area contributed by atoms with E-state index >= 15 is 0 Å². The second kappa shape index (κ2) is 6.74. The van der Waals surface area contributed by atoms with E-state index in [2.05, 4.69) is 5.16 Å². The van der Waals surface area contributed by atoms with Crippen molar-refractivity contribution >= 4 is 5.78 Å². The molecule has 0 amide bonds. The van der Waals surface area contributed by atoms with Crippen LogP contribution in [-0.2, 0) is 19.5 Å². The molecule has 0 spiro atoms. The molecule has 0 aromatic carbocycles. The number of nitriles is 1. The van der Waals surface area contributed by atoms with E-state index in [1.165, 1.54) is 4.57 Å². The first-order chi connectivity index (χ1) is 13.8. The lowest BCUT2D eigenvalue weighted by molar-refractivity contribution is 0.0968. The lowest BCUT2D eigenvalue weighted by Crippen LogP contribution is -2.43. The van der Waals surface area contributed by atoms with Crippen LogP contribution in [0.2, 0.25) is 0 Å². The van der Waals surface area contributed by atoms with E-state index in [9.17, 15) is 19.6 Å². The van der Waals surface area contributed by atoms with Crippen molar-refractivity contribution in [3.05, 3.63) is 66.9 Å². The third kappa shape index (κ3) is 2.84. The smallest absolute Gasteiger partial charge is 0.331 e. The van der Waals surface area contributed by atoms with E-state index in [0.717, 1.165) is 10.3 Å². The van der Waals surface area contributed by atoms with Crippen LogP contribution in [0.3, 0.4) is 0 Å². The number of aryl methyl sites for hydroxylation is 2. The fourth-order valence-electron chi connectivity index (χ4n) is 3.97. The van der Waals surface area contributed by atoms with Gasteiger partial charge in [-0.2, -0.15) is 5.26 Å². The average Bonchev–Trinajstić information content (AvgIpc) is 3.38. The molecule has 0 N–H and O–H groups in total. The van der Waals surface area contributed by atoms with Gasteiger partial charge in [0.2, 0.25) is 0 Å². The first kappa shape index (κ1) is 18.7. The van der Waals surface area contributed by atoms with Crippen LogP contribution in [0.15, 0.2) is 26.2 Å². The molecule has 0 saturated carbocycles. The Morgan fingerprint density at radius 3 is 2.69 bits per heavy atom. The molecule has 3 aromatic heterocycles. The Morgan fingerprint density at radius 2 is 2.03 bits per heavy atom. The van der Waals surface area contributed by atoms with Gasteiger partial charge >= 0.3 is 5.69 Å². The Morgan fingerprint density at radius 1 is 1.28 bits per heavy atom. The van der Waals surface area contributed by atoms with Crippen LogP contribution in [0.25, 0.3) is 5.82 Å². The molecule has 0 bridgehead atoms. The first-order valence-electron chi connectivity index (χ1n) is 9.26. The summed E-state index contributed by atoms with van der Waals surface area (Å²) in [6, 6.07) is 5.35. The van der Waals surface area contributed by atoms with Crippen LogP contribution in [-0.4, -0.2) is 24.6 Å². The van der Waals surface area contributed by atoms with Gasteiger partial charge in [0.15, 0.2) is 11.6 Å². The van der Waals surface area contributed by atoms with Gasteiger partial charge in [0.25, 0.3) is 5.56 Å². The predicted molar refractivity (Wildman–Crippen MR) is 102 cm³/mol. The third-order valence-electron chi connectivity index (χ3n) is 5.32. The quantitative estimate of drug-likeness (QED) is 0.619. The Hall–Kier alpha value is -3.67. The average molecular weight is 393 g/mol. The maximum absolute atomic E-state index is 13.0. The van der Waals surface area contributed by atoms with Gasteiger partial charge in [-0.1, -0.05) is 5.16 Å². The molecule has 0 saturated heterocycles. The number of ketones is 1. The Labute approximate surface area is 165 Å². The summed E-state index contributed by atoms with van der Waals surface area (Å²) in [5.74, 6) is 0.811. The number of hydrogen-bond acceptors (Lipinski definition) is 6. The van der Waals surface area contributed by atoms with E-state index in [1.54, 1.807) is 30.5 Å². The lowest BCUT2D eigenvalue weighted by Gasteiger charge is -2.10. The largest absolute Gasteiger partial charge is 0.360 e. The lowest BCUT2D eigenvalue weighted by atomic mass is 10.1. The van der Waals surface area contributed by atoms with E-state index in [-0.39, 0.29) is 11.3 Å². The number of carbonyl (C=O) groups is 1. The molecule has 4 rings (SSSR count). The molecule has 0 atom stereocenters. The zero-order valence-corrected chi connectivity index (χ0v) is 16.4. The third-order valence-corrected chi connectivity index (χ3v) is 5.32. The van der Waals surface area contributed by atoms with Crippen molar-refractivity contribution in [2.24, 2.45) is 0 Å². The molecule has 29 heavy (non-hydrogen) atoms. The van der Waals surface area contributed by atoms with Gasteiger partial charge < -0.3 is 4.52 Å². The van der Waals surface area contributed by atoms with Crippen molar-refractivity contribution in [1.29, 1.82) is 5.26 Å². The number of hydrogen-bond donors (Lipinski definition) is 0. The Balaban J connectivity index is 1.77. The maximum Gasteiger partial charge on any atom is 0.331 e. The van der Waals surface area contributed by atoms with E-state index in [0.29, 0.717) is 47.9 Å². The first-order valence-corrected chi connectivity index (χ1v) is 9.26. The maximum atomic E-state index is 13.0. The highest BCUT2D eigenvalue weighted by atomic mass is 16.5. The molecule has 1 aliphatic rings. The minimum atomic E-state index is -0.708. The minimum Gasteiger partial charge on any atom is -0.360 e. The SMILES string of the molecule is Cc1cc(-n2c(C)cc(C(=O)Cn3c(=O)c(C#N)c4n(c3=O)CCC4)c2C)no1. The fraction of sp³-hybridized carbons (Fsp3) is 0.350. The van der Waals surface area contributed by atoms with E-state index < -0.39 is 17.8 Å². The minimum absolute atomic E-state index is 0.0570. The van der Waals surface area contributed by atoms with Crippen molar-refractivity contribution in [3.8, 4) is 11.9 Å². The number of aromatic nitrogens is 4. The van der Waals surface area contributed by atoms with E-state index in [1.807, 2.05) is 13.0 Å². The molecule has 9 heteroatoms. The second-order valence-corrected chi connectivity index (χ2v) is 7.20. The molecule has 0 unspecified atom stereocenters. The topological polar surface area (TPSA) is 116 Å². The van der Waals surface area contributed by atoms with Crippen molar-refractivity contribution in [3.63, 3.8) is 0 Å². The predicted octanol–water partition coefficient (Wildman–Crippen LogP) is 1.41. The number of fused-ring (bicyclic) bond motifs is 1. The molecule has 0 aliphatic carbocycles. The summed E-state index contributed by atoms with van der Waals surface area (Å²) in [5, 5.41) is 13.4.